The fourth-order valence-corrected chi connectivity index (χ4v) is 4.52. The number of aliphatic hydroxyl groups is 2. The predicted molar refractivity (Wildman–Crippen MR) is 123 cm³/mol. The van der Waals surface area contributed by atoms with E-state index in [1.54, 1.807) is 12.2 Å². The number of fused-ring (bicyclic) bond motifs is 1. The van der Waals surface area contributed by atoms with E-state index in [9.17, 15) is 15.0 Å². The lowest BCUT2D eigenvalue weighted by Gasteiger charge is -2.25. The highest BCUT2D eigenvalue weighted by Gasteiger charge is 2.43. The number of unbranched alkanes of at least 4 members (excludes halogenated alkanes) is 1. The van der Waals surface area contributed by atoms with Gasteiger partial charge in [0.15, 0.2) is 5.79 Å². The van der Waals surface area contributed by atoms with Crippen molar-refractivity contribution in [3.05, 3.63) is 47.3 Å². The highest BCUT2D eigenvalue weighted by atomic mass is 16.8. The van der Waals surface area contributed by atoms with Crippen molar-refractivity contribution in [1.29, 1.82) is 0 Å². The van der Waals surface area contributed by atoms with E-state index in [2.05, 4.69) is 6.92 Å². The highest BCUT2D eigenvalue weighted by molar-refractivity contribution is 5.94. The molecule has 2 aliphatic heterocycles. The lowest BCUT2D eigenvalue weighted by molar-refractivity contribution is -0.152. The Morgan fingerprint density at radius 2 is 1.94 bits per heavy atom. The Morgan fingerprint density at radius 3 is 2.66 bits per heavy atom. The molecule has 0 spiro atoms. The molecule has 1 aliphatic carbocycles. The van der Waals surface area contributed by atoms with Crippen molar-refractivity contribution in [1.82, 2.24) is 0 Å². The van der Waals surface area contributed by atoms with E-state index >= 15 is 0 Å². The summed E-state index contributed by atoms with van der Waals surface area (Å²) < 4.78 is 17.7. The fourth-order valence-electron chi connectivity index (χ4n) is 4.52. The molecule has 0 aromatic rings. The van der Waals surface area contributed by atoms with Gasteiger partial charge in [0.25, 0.3) is 0 Å². The third kappa shape index (κ3) is 5.91. The molecule has 2 N–H and O–H groups in total. The smallest absolute Gasteiger partial charge is 0.342 e. The summed E-state index contributed by atoms with van der Waals surface area (Å²) in [5.74, 6) is -1.25. The molecule has 0 amide bonds. The molecule has 6 nitrogen and oxygen atoms in total. The zero-order chi connectivity index (χ0) is 23.5. The van der Waals surface area contributed by atoms with Crippen LogP contribution in [0.5, 0.6) is 0 Å². The molecule has 0 aromatic carbocycles. The number of carbonyl (C=O) groups is 1. The van der Waals surface area contributed by atoms with Gasteiger partial charge in [0.1, 0.15) is 29.6 Å². The molecule has 6 heteroatoms. The molecule has 178 valence electrons. The van der Waals surface area contributed by atoms with E-state index in [4.69, 9.17) is 14.2 Å². The van der Waals surface area contributed by atoms with Gasteiger partial charge in [-0.15, -0.1) is 0 Å². The fraction of sp³-hybridized carbons (Fsp3) is 0.654. The third-order valence-electron chi connectivity index (χ3n) is 6.48. The van der Waals surface area contributed by atoms with Gasteiger partial charge in [0, 0.05) is 5.92 Å². The third-order valence-corrected chi connectivity index (χ3v) is 6.48. The van der Waals surface area contributed by atoms with Gasteiger partial charge in [0.05, 0.1) is 6.10 Å². The molecule has 0 radical (unpaired) electrons. The Balaban J connectivity index is 1.95. The van der Waals surface area contributed by atoms with Crippen LogP contribution in [-0.2, 0) is 19.0 Å². The molecular formula is C26H38O6. The Morgan fingerprint density at radius 1 is 1.19 bits per heavy atom. The van der Waals surface area contributed by atoms with Crippen LogP contribution in [0.2, 0.25) is 0 Å². The first-order valence-corrected chi connectivity index (χ1v) is 11.8. The summed E-state index contributed by atoms with van der Waals surface area (Å²) in [7, 11) is 0. The number of hydrogen-bond donors (Lipinski definition) is 2. The standard InChI is InChI=1S/C26H38O6/c1-6-7-9-18-14-19-10-8-11-22-24(32-26(4,5)31-22)20(27)13-12-16(2)17(3)30-25(29)23(19)21(28)15-18/h8,10,12-13,15-18,20,22,24,27-28H,6-7,9,11,14H2,1-5H3/b10-8?,13-12-/t16-,17+,18?,20?,22+,24-/m1/s1. The van der Waals surface area contributed by atoms with Crippen LogP contribution in [0.4, 0.5) is 0 Å². The van der Waals surface area contributed by atoms with Crippen LogP contribution in [0.3, 0.4) is 0 Å². The maximum absolute atomic E-state index is 13.0. The van der Waals surface area contributed by atoms with E-state index < -0.39 is 30.1 Å². The Labute approximate surface area is 191 Å². The summed E-state index contributed by atoms with van der Waals surface area (Å²) in [6.45, 7) is 9.56. The number of ether oxygens (including phenoxy) is 3. The summed E-state index contributed by atoms with van der Waals surface area (Å²) in [6.07, 6.45) is 11.4. The first kappa shape index (κ1) is 24.7. The minimum absolute atomic E-state index is 0.000579. The van der Waals surface area contributed by atoms with Gasteiger partial charge in [0.2, 0.25) is 0 Å². The quantitative estimate of drug-likeness (QED) is 0.474. The zero-order valence-corrected chi connectivity index (χ0v) is 19.9. The van der Waals surface area contributed by atoms with E-state index in [1.807, 2.05) is 45.9 Å². The van der Waals surface area contributed by atoms with Gasteiger partial charge >= 0.3 is 5.97 Å². The maximum atomic E-state index is 13.0. The average Bonchev–Trinajstić information content (AvgIpc) is 3.03. The molecule has 0 saturated carbocycles. The predicted octanol–water partition coefficient (Wildman–Crippen LogP) is 4.90. The lowest BCUT2D eigenvalue weighted by atomic mass is 9.85. The van der Waals surface area contributed by atoms with Crippen LogP contribution in [0.25, 0.3) is 0 Å². The van der Waals surface area contributed by atoms with E-state index in [0.29, 0.717) is 12.8 Å². The van der Waals surface area contributed by atoms with Crippen molar-refractivity contribution in [2.24, 2.45) is 11.8 Å². The number of hydrogen-bond acceptors (Lipinski definition) is 6. The van der Waals surface area contributed by atoms with Crippen molar-refractivity contribution in [3.8, 4) is 0 Å². The number of esters is 1. The second-order valence-corrected chi connectivity index (χ2v) is 9.68. The Bertz CT molecular complexity index is 805. The zero-order valence-electron chi connectivity index (χ0n) is 19.9. The van der Waals surface area contributed by atoms with Crippen molar-refractivity contribution in [2.45, 2.75) is 96.9 Å². The largest absolute Gasteiger partial charge is 0.507 e. The molecule has 1 fully saturated rings. The van der Waals surface area contributed by atoms with E-state index in [1.165, 1.54) is 0 Å². The van der Waals surface area contributed by atoms with Crippen LogP contribution >= 0.6 is 0 Å². The SMILES string of the molecule is CCCCC1C=C(O)C2=C(C=CC[C@@H]3OC(C)(C)O[C@@H]3C(O)/C=C\[C@@H](C)[C@H](C)OC2=O)C1. The maximum Gasteiger partial charge on any atom is 0.342 e. The number of aliphatic hydroxyl groups excluding tert-OH is 2. The monoisotopic (exact) mass is 446 g/mol. The minimum Gasteiger partial charge on any atom is -0.507 e. The van der Waals surface area contributed by atoms with E-state index in [0.717, 1.165) is 24.8 Å². The Kier molecular flexibility index (Phi) is 8.01. The number of rotatable bonds is 3. The molecule has 3 aliphatic rings. The topological polar surface area (TPSA) is 85.2 Å². The number of carbonyl (C=O) groups excluding carboxylic acids is 1. The van der Waals surface area contributed by atoms with Crippen LogP contribution in [0.1, 0.15) is 66.7 Å². The van der Waals surface area contributed by atoms with E-state index in [-0.39, 0.29) is 29.3 Å². The normalized spacial score (nSPS) is 36.6. The van der Waals surface area contributed by atoms with Gasteiger partial charge < -0.3 is 24.4 Å². The first-order chi connectivity index (χ1) is 15.1. The second kappa shape index (κ2) is 10.4. The molecule has 0 aromatic heterocycles. The van der Waals surface area contributed by atoms with Crippen LogP contribution in [0.15, 0.2) is 47.3 Å². The van der Waals surface area contributed by atoms with Gasteiger partial charge in [-0.1, -0.05) is 51.0 Å². The summed E-state index contributed by atoms with van der Waals surface area (Å²) in [5, 5.41) is 21.5. The molecule has 2 unspecified atom stereocenters. The highest BCUT2D eigenvalue weighted by Crippen LogP contribution is 2.35. The van der Waals surface area contributed by atoms with Gasteiger partial charge in [-0.2, -0.15) is 0 Å². The molecule has 1 saturated heterocycles. The van der Waals surface area contributed by atoms with Gasteiger partial charge in [-0.05, 0) is 57.6 Å². The Hall–Kier alpha value is -1.89. The van der Waals surface area contributed by atoms with Crippen molar-refractivity contribution in [3.63, 3.8) is 0 Å². The van der Waals surface area contributed by atoms with Gasteiger partial charge in [-0.3, -0.25) is 0 Å². The van der Waals surface area contributed by atoms with Crippen LogP contribution < -0.4 is 0 Å². The van der Waals surface area contributed by atoms with Crippen molar-refractivity contribution >= 4 is 5.97 Å². The minimum atomic E-state index is -0.835. The summed E-state index contributed by atoms with van der Waals surface area (Å²) in [4.78, 5) is 13.0. The van der Waals surface area contributed by atoms with Gasteiger partial charge in [-0.25, -0.2) is 4.79 Å². The average molecular weight is 447 g/mol. The van der Waals surface area contributed by atoms with Crippen LogP contribution in [0, 0.1) is 11.8 Å². The lowest BCUT2D eigenvalue weighted by Crippen LogP contribution is -2.34. The molecule has 2 heterocycles. The van der Waals surface area contributed by atoms with Crippen LogP contribution in [-0.4, -0.2) is 46.4 Å². The first-order valence-electron chi connectivity index (χ1n) is 11.8. The number of allylic oxidation sites excluding steroid dienone is 3. The summed E-state index contributed by atoms with van der Waals surface area (Å²) >= 11 is 0. The number of cyclic esters (lactones) is 1. The molecule has 3 rings (SSSR count). The summed E-state index contributed by atoms with van der Waals surface area (Å²) in [6, 6.07) is 0. The molecule has 6 atom stereocenters. The molecule has 0 bridgehead atoms. The second-order valence-electron chi connectivity index (χ2n) is 9.68. The molecule has 32 heavy (non-hydrogen) atoms. The summed E-state index contributed by atoms with van der Waals surface area (Å²) in [5.41, 5.74) is 1.02. The molecular weight excluding hydrogens is 408 g/mol. The van der Waals surface area contributed by atoms with Crippen molar-refractivity contribution in [2.75, 3.05) is 0 Å². The van der Waals surface area contributed by atoms with Crippen molar-refractivity contribution < 1.29 is 29.2 Å².